The van der Waals surface area contributed by atoms with Crippen molar-refractivity contribution >= 4 is 22.8 Å². The zero-order valence-corrected chi connectivity index (χ0v) is 6.43. The van der Waals surface area contributed by atoms with E-state index in [2.05, 4.69) is 9.27 Å². The fourth-order valence-electron chi connectivity index (χ4n) is 1.07. The summed E-state index contributed by atoms with van der Waals surface area (Å²) < 4.78 is 4.54. The lowest BCUT2D eigenvalue weighted by atomic mass is 10.2. The molecule has 1 aromatic carbocycles. The van der Waals surface area contributed by atoms with Crippen molar-refractivity contribution in [3.05, 3.63) is 30.5 Å². The molecule has 3 heteroatoms. The smallest absolute Gasteiger partial charge is 0.148 e. The van der Waals surface area contributed by atoms with Crippen LogP contribution in [0.2, 0.25) is 0 Å². The molecule has 0 amide bonds. The minimum absolute atomic E-state index is 0.654. The fourth-order valence-corrected chi connectivity index (χ4v) is 1.17. The topological polar surface area (TPSA) is 25.0 Å². The van der Waals surface area contributed by atoms with Crippen molar-refractivity contribution < 1.29 is 4.29 Å². The third-order valence-corrected chi connectivity index (χ3v) is 1.79. The molecule has 0 aliphatic heterocycles. The summed E-state index contributed by atoms with van der Waals surface area (Å²) in [6.07, 6.45) is 1.88. The summed E-state index contributed by atoms with van der Waals surface area (Å²) in [5, 5.41) is 1.16. The molecule has 11 heavy (non-hydrogen) atoms. The van der Waals surface area contributed by atoms with E-state index >= 15 is 0 Å². The van der Waals surface area contributed by atoms with E-state index in [1.165, 1.54) is 0 Å². The maximum Gasteiger partial charge on any atom is 0.148 e. The lowest BCUT2D eigenvalue weighted by molar-refractivity contribution is 0.620. The predicted molar refractivity (Wildman–Crippen MR) is 44.8 cm³/mol. The zero-order chi connectivity index (χ0) is 7.68. The van der Waals surface area contributed by atoms with E-state index in [9.17, 15) is 0 Å². The molecule has 0 spiro atoms. The number of aromatic nitrogens is 1. The molecule has 2 nitrogen and oxygen atoms in total. The number of hydrogen-bond acceptors (Lipinski definition) is 1. The molecule has 0 bridgehead atoms. The van der Waals surface area contributed by atoms with Gasteiger partial charge in [-0.1, -0.05) is 0 Å². The van der Waals surface area contributed by atoms with Gasteiger partial charge in [-0.2, -0.15) is 0 Å². The van der Waals surface area contributed by atoms with Crippen LogP contribution in [0.3, 0.4) is 0 Å². The lowest BCUT2D eigenvalue weighted by Gasteiger charge is -1.94. The van der Waals surface area contributed by atoms with Crippen LogP contribution in [0, 0.1) is 0 Å². The van der Waals surface area contributed by atoms with Crippen molar-refractivity contribution in [2.45, 2.75) is 0 Å². The van der Waals surface area contributed by atoms with Crippen molar-refractivity contribution in [2.75, 3.05) is 0 Å². The van der Waals surface area contributed by atoms with Crippen LogP contribution in [-0.2, 0) is 0 Å². The molecule has 0 unspecified atom stereocenters. The fraction of sp³-hybridized carbons (Fsp3) is 0. The summed E-state index contributed by atoms with van der Waals surface area (Å²) in [7, 11) is 0. The summed E-state index contributed by atoms with van der Waals surface area (Å²) in [6, 6.07) is 7.61. The molecule has 0 aliphatic carbocycles. The van der Waals surface area contributed by atoms with Gasteiger partial charge in [-0.15, -0.1) is 0 Å². The number of nitrogens with one attached hydrogen (secondary N) is 1. The van der Waals surface area contributed by atoms with Gasteiger partial charge in [-0.3, -0.25) is 0 Å². The Morgan fingerprint density at radius 1 is 1.27 bits per heavy atom. The largest absolute Gasteiger partial charge is 0.386 e. The Bertz CT molecular complexity index is 369. The van der Waals surface area contributed by atoms with Crippen molar-refractivity contribution in [1.82, 2.24) is 4.98 Å². The van der Waals surface area contributed by atoms with E-state index in [-0.39, 0.29) is 0 Å². The highest BCUT2D eigenvalue weighted by Gasteiger charge is 1.95. The summed E-state index contributed by atoms with van der Waals surface area (Å²) in [5.41, 5.74) is 1.03. The van der Waals surface area contributed by atoms with Crippen LogP contribution in [0.4, 0.5) is 0 Å². The Labute approximate surface area is 68.9 Å². The van der Waals surface area contributed by atoms with Gasteiger partial charge >= 0.3 is 0 Å². The van der Waals surface area contributed by atoms with Gasteiger partial charge in [0.05, 0.1) is 0 Å². The molecule has 1 N–H and O–H groups in total. The number of H-pyrrole nitrogens is 1. The Morgan fingerprint density at radius 2 is 2.18 bits per heavy atom. The van der Waals surface area contributed by atoms with Crippen LogP contribution in [0.1, 0.15) is 0 Å². The first-order valence-corrected chi connectivity index (χ1v) is 3.57. The maximum absolute atomic E-state index is 5.18. The SMILES string of the molecule is ClOc1ccc2cc[nH]c2c1. The van der Waals surface area contributed by atoms with E-state index in [1.54, 1.807) is 0 Å². The molecule has 2 aromatic rings. The summed E-state index contributed by atoms with van der Waals surface area (Å²) in [5.74, 6) is 0.654. The molecule has 0 saturated carbocycles. The minimum atomic E-state index is 0.654. The Hall–Kier alpha value is -1.15. The standard InChI is InChI=1S/C8H6ClNO/c9-11-7-2-1-6-3-4-10-8(6)5-7/h1-5,10H. The van der Waals surface area contributed by atoms with E-state index < -0.39 is 0 Å². The molecular weight excluding hydrogens is 162 g/mol. The highest BCUT2D eigenvalue weighted by Crippen LogP contribution is 2.19. The van der Waals surface area contributed by atoms with Crippen LogP contribution >= 0.6 is 11.9 Å². The van der Waals surface area contributed by atoms with Gasteiger partial charge in [0.25, 0.3) is 0 Å². The highest BCUT2D eigenvalue weighted by atomic mass is 35.5. The Kier molecular flexibility index (Phi) is 1.47. The summed E-state index contributed by atoms with van der Waals surface area (Å²) >= 11 is 5.18. The molecule has 0 aliphatic rings. The molecule has 0 atom stereocenters. The van der Waals surface area contributed by atoms with Gasteiger partial charge in [0.15, 0.2) is 0 Å². The average molecular weight is 168 g/mol. The molecule has 0 fully saturated rings. The predicted octanol–water partition coefficient (Wildman–Crippen LogP) is 2.70. The van der Waals surface area contributed by atoms with Gasteiger partial charge < -0.3 is 9.27 Å². The Morgan fingerprint density at radius 3 is 3.00 bits per heavy atom. The third-order valence-electron chi connectivity index (χ3n) is 1.62. The van der Waals surface area contributed by atoms with Crippen LogP contribution in [0.15, 0.2) is 30.5 Å². The Balaban J connectivity index is 2.67. The minimum Gasteiger partial charge on any atom is -0.386 e. The molecular formula is C8H6ClNO. The van der Waals surface area contributed by atoms with E-state index in [1.807, 2.05) is 30.5 Å². The monoisotopic (exact) mass is 167 g/mol. The van der Waals surface area contributed by atoms with E-state index in [0.29, 0.717) is 5.75 Å². The number of rotatable bonds is 1. The van der Waals surface area contributed by atoms with Gasteiger partial charge in [0.1, 0.15) is 17.6 Å². The quantitative estimate of drug-likeness (QED) is 0.694. The number of fused-ring (bicyclic) bond motifs is 1. The van der Waals surface area contributed by atoms with Crippen LogP contribution in [-0.4, -0.2) is 4.98 Å². The summed E-state index contributed by atoms with van der Waals surface area (Å²) in [4.78, 5) is 3.06. The molecule has 0 saturated heterocycles. The van der Waals surface area contributed by atoms with E-state index in [0.717, 1.165) is 10.9 Å². The normalized spacial score (nSPS) is 10.3. The molecule has 1 heterocycles. The zero-order valence-electron chi connectivity index (χ0n) is 5.67. The van der Waals surface area contributed by atoms with Gasteiger partial charge in [0.2, 0.25) is 0 Å². The summed E-state index contributed by atoms with van der Waals surface area (Å²) in [6.45, 7) is 0. The van der Waals surface area contributed by atoms with Crippen LogP contribution < -0.4 is 4.29 Å². The van der Waals surface area contributed by atoms with E-state index in [4.69, 9.17) is 11.9 Å². The number of hydrogen-bond donors (Lipinski definition) is 1. The molecule has 0 radical (unpaired) electrons. The number of aromatic amines is 1. The second-order valence-electron chi connectivity index (χ2n) is 2.30. The third kappa shape index (κ3) is 1.05. The first kappa shape index (κ1) is 6.55. The van der Waals surface area contributed by atoms with Crippen LogP contribution in [0.25, 0.3) is 10.9 Å². The van der Waals surface area contributed by atoms with Crippen molar-refractivity contribution in [2.24, 2.45) is 0 Å². The molecule has 1 aromatic heterocycles. The van der Waals surface area contributed by atoms with Crippen LogP contribution in [0.5, 0.6) is 5.75 Å². The maximum atomic E-state index is 5.18. The van der Waals surface area contributed by atoms with Crippen molar-refractivity contribution in [3.8, 4) is 5.75 Å². The first-order chi connectivity index (χ1) is 5.40. The molecule has 2 rings (SSSR count). The van der Waals surface area contributed by atoms with Gasteiger partial charge in [0, 0.05) is 17.8 Å². The van der Waals surface area contributed by atoms with Crippen molar-refractivity contribution in [1.29, 1.82) is 0 Å². The van der Waals surface area contributed by atoms with Gasteiger partial charge in [-0.05, 0) is 23.6 Å². The number of benzene rings is 1. The number of halogens is 1. The van der Waals surface area contributed by atoms with Gasteiger partial charge in [-0.25, -0.2) is 0 Å². The highest BCUT2D eigenvalue weighted by molar-refractivity contribution is 6.09. The molecule has 56 valence electrons. The lowest BCUT2D eigenvalue weighted by Crippen LogP contribution is -1.73. The average Bonchev–Trinajstić information content (AvgIpc) is 2.50. The van der Waals surface area contributed by atoms with Crippen molar-refractivity contribution in [3.63, 3.8) is 0 Å². The second kappa shape index (κ2) is 2.47. The first-order valence-electron chi connectivity index (χ1n) is 3.26. The second-order valence-corrected chi connectivity index (χ2v) is 2.46.